The van der Waals surface area contributed by atoms with Crippen molar-refractivity contribution in [2.45, 2.75) is 20.8 Å². The molecule has 0 amide bonds. The van der Waals surface area contributed by atoms with Crippen molar-refractivity contribution in [3.05, 3.63) is 24.4 Å². The normalized spacial score (nSPS) is 12.0. The van der Waals surface area contributed by atoms with Gasteiger partial charge in [-0.25, -0.2) is 0 Å². The predicted octanol–water partition coefficient (Wildman–Crippen LogP) is 2.80. The highest BCUT2D eigenvalue weighted by Gasteiger charge is 1.93. The van der Waals surface area contributed by atoms with Gasteiger partial charge in [-0.2, -0.15) is 0 Å². The van der Waals surface area contributed by atoms with Crippen molar-refractivity contribution >= 4 is 6.21 Å². The van der Waals surface area contributed by atoms with E-state index in [9.17, 15) is 0 Å². The zero-order valence-corrected chi connectivity index (χ0v) is 6.96. The summed E-state index contributed by atoms with van der Waals surface area (Å²) in [6.45, 7) is 9.91. The lowest BCUT2D eigenvalue weighted by molar-refractivity contribution is 0.763. The zero-order chi connectivity index (χ0) is 7.98. The van der Waals surface area contributed by atoms with Crippen LogP contribution in [0.5, 0.6) is 0 Å². The van der Waals surface area contributed by atoms with Crippen molar-refractivity contribution < 1.29 is 0 Å². The number of aliphatic imine (C=N–C) groups is 1. The second-order valence-corrected chi connectivity index (χ2v) is 2.45. The van der Waals surface area contributed by atoms with E-state index in [0.29, 0.717) is 5.92 Å². The van der Waals surface area contributed by atoms with Gasteiger partial charge in [0.25, 0.3) is 0 Å². The molecule has 0 saturated heterocycles. The summed E-state index contributed by atoms with van der Waals surface area (Å²) in [7, 11) is 0. The summed E-state index contributed by atoms with van der Waals surface area (Å²) in [5.41, 5.74) is 0.929. The Morgan fingerprint density at radius 1 is 1.50 bits per heavy atom. The van der Waals surface area contributed by atoms with Gasteiger partial charge in [0.1, 0.15) is 0 Å². The average Bonchev–Trinajstić information content (AvgIpc) is 1.88. The largest absolute Gasteiger partial charge is 0.262 e. The molecule has 0 bridgehead atoms. The number of rotatable bonds is 3. The van der Waals surface area contributed by atoms with E-state index >= 15 is 0 Å². The fraction of sp³-hybridized carbons (Fsp3) is 0.444. The molecule has 1 heteroatoms. The molecule has 0 atom stereocenters. The van der Waals surface area contributed by atoms with Crippen LogP contribution in [0.15, 0.2) is 29.4 Å². The number of hydrogen-bond donors (Lipinski definition) is 0. The van der Waals surface area contributed by atoms with E-state index in [1.54, 1.807) is 6.21 Å². The van der Waals surface area contributed by atoms with Crippen LogP contribution >= 0.6 is 0 Å². The van der Waals surface area contributed by atoms with Crippen molar-refractivity contribution in [1.82, 2.24) is 0 Å². The smallest absolute Gasteiger partial charge is 0.0357 e. The van der Waals surface area contributed by atoms with E-state index in [1.807, 2.05) is 19.1 Å². The Morgan fingerprint density at radius 3 is 2.50 bits per heavy atom. The van der Waals surface area contributed by atoms with E-state index in [1.165, 1.54) is 0 Å². The minimum atomic E-state index is 0.446. The summed E-state index contributed by atoms with van der Waals surface area (Å²) in [6, 6.07) is 0. The Labute approximate surface area is 63.2 Å². The van der Waals surface area contributed by atoms with E-state index in [-0.39, 0.29) is 0 Å². The Hall–Kier alpha value is -0.850. The lowest BCUT2D eigenvalue weighted by atomic mass is 10.2. The molecule has 0 aliphatic heterocycles. The van der Waals surface area contributed by atoms with Gasteiger partial charge in [0.2, 0.25) is 0 Å². The number of allylic oxidation sites excluding steroid dienone is 3. The Balaban J connectivity index is 3.78. The first kappa shape index (κ1) is 9.15. The van der Waals surface area contributed by atoms with Gasteiger partial charge in [0, 0.05) is 11.9 Å². The third kappa shape index (κ3) is 4.07. The van der Waals surface area contributed by atoms with Crippen LogP contribution in [0.2, 0.25) is 0 Å². The first-order valence-electron chi connectivity index (χ1n) is 3.52. The molecular weight excluding hydrogens is 122 g/mol. The fourth-order valence-corrected chi connectivity index (χ4v) is 0.374. The first-order valence-corrected chi connectivity index (χ1v) is 3.52. The summed E-state index contributed by atoms with van der Waals surface area (Å²) in [4.78, 5) is 4.11. The quantitative estimate of drug-likeness (QED) is 0.530. The van der Waals surface area contributed by atoms with Crippen LogP contribution in [0.4, 0.5) is 0 Å². The highest BCUT2D eigenvalue weighted by molar-refractivity contribution is 5.71. The highest BCUT2D eigenvalue weighted by Crippen LogP contribution is 2.06. The molecule has 0 radical (unpaired) electrons. The minimum absolute atomic E-state index is 0.446. The molecule has 10 heavy (non-hydrogen) atoms. The lowest BCUT2D eigenvalue weighted by Gasteiger charge is -1.99. The summed E-state index contributed by atoms with van der Waals surface area (Å²) >= 11 is 0. The predicted molar refractivity (Wildman–Crippen MR) is 47.3 cm³/mol. The zero-order valence-electron chi connectivity index (χ0n) is 6.96. The summed E-state index contributed by atoms with van der Waals surface area (Å²) in [5.74, 6) is 0.446. The van der Waals surface area contributed by atoms with Gasteiger partial charge in [0.05, 0.1) is 0 Å². The molecule has 56 valence electrons. The third-order valence-corrected chi connectivity index (χ3v) is 1.19. The van der Waals surface area contributed by atoms with Gasteiger partial charge < -0.3 is 0 Å². The SMILES string of the molecule is C=C(N=C/C=C\C)C(C)C. The maximum Gasteiger partial charge on any atom is 0.0357 e. The Kier molecular flexibility index (Phi) is 4.55. The van der Waals surface area contributed by atoms with E-state index in [4.69, 9.17) is 0 Å². The molecule has 0 saturated carbocycles. The van der Waals surface area contributed by atoms with Gasteiger partial charge >= 0.3 is 0 Å². The van der Waals surface area contributed by atoms with Crippen molar-refractivity contribution in [2.75, 3.05) is 0 Å². The van der Waals surface area contributed by atoms with E-state index in [0.717, 1.165) is 5.70 Å². The molecule has 0 aromatic carbocycles. The van der Waals surface area contributed by atoms with Gasteiger partial charge in [-0.15, -0.1) is 0 Å². The molecule has 0 spiro atoms. The van der Waals surface area contributed by atoms with Crippen LogP contribution < -0.4 is 0 Å². The van der Waals surface area contributed by atoms with E-state index < -0.39 is 0 Å². The topological polar surface area (TPSA) is 12.4 Å². The summed E-state index contributed by atoms with van der Waals surface area (Å²) in [6.07, 6.45) is 5.60. The van der Waals surface area contributed by atoms with Gasteiger partial charge in [0.15, 0.2) is 0 Å². The van der Waals surface area contributed by atoms with Crippen molar-refractivity contribution in [2.24, 2.45) is 10.9 Å². The molecule has 0 rings (SSSR count). The summed E-state index contributed by atoms with van der Waals surface area (Å²) in [5, 5.41) is 0. The molecule has 0 unspecified atom stereocenters. The molecule has 1 nitrogen and oxygen atoms in total. The standard InChI is InChI=1S/C9H15N/c1-5-6-7-10-9(4)8(2)3/h5-8H,4H2,1-3H3/b6-5-,10-7?. The van der Waals surface area contributed by atoms with Crippen molar-refractivity contribution in [3.63, 3.8) is 0 Å². The van der Waals surface area contributed by atoms with Crippen molar-refractivity contribution in [3.8, 4) is 0 Å². The maximum atomic E-state index is 4.11. The van der Waals surface area contributed by atoms with Crippen LogP contribution in [-0.4, -0.2) is 6.21 Å². The lowest BCUT2D eigenvalue weighted by Crippen LogP contribution is -1.87. The van der Waals surface area contributed by atoms with Crippen LogP contribution in [0.3, 0.4) is 0 Å². The fourth-order valence-electron chi connectivity index (χ4n) is 0.374. The van der Waals surface area contributed by atoms with Crippen LogP contribution in [0, 0.1) is 5.92 Å². The molecule has 0 aromatic heterocycles. The highest BCUT2D eigenvalue weighted by atomic mass is 14.7. The molecule has 0 aliphatic rings. The first-order chi connectivity index (χ1) is 4.68. The Morgan fingerprint density at radius 2 is 2.10 bits per heavy atom. The molecule has 0 heterocycles. The van der Waals surface area contributed by atoms with Gasteiger partial charge in [-0.3, -0.25) is 4.99 Å². The molecular formula is C9H15N. The third-order valence-electron chi connectivity index (χ3n) is 1.19. The average molecular weight is 137 g/mol. The molecule has 0 aliphatic carbocycles. The summed E-state index contributed by atoms with van der Waals surface area (Å²) < 4.78 is 0. The van der Waals surface area contributed by atoms with Crippen LogP contribution in [0.25, 0.3) is 0 Å². The molecule has 0 aromatic rings. The number of hydrogen-bond acceptors (Lipinski definition) is 1. The second-order valence-electron chi connectivity index (χ2n) is 2.45. The van der Waals surface area contributed by atoms with Crippen molar-refractivity contribution in [1.29, 1.82) is 0 Å². The molecule has 0 fully saturated rings. The van der Waals surface area contributed by atoms with Crippen LogP contribution in [-0.2, 0) is 0 Å². The Bertz CT molecular complexity index is 152. The maximum absolute atomic E-state index is 4.11. The number of nitrogens with zero attached hydrogens (tertiary/aromatic N) is 1. The molecule has 0 N–H and O–H groups in total. The van der Waals surface area contributed by atoms with Gasteiger partial charge in [-0.05, 0) is 18.9 Å². The monoisotopic (exact) mass is 137 g/mol. The second kappa shape index (κ2) is 4.98. The van der Waals surface area contributed by atoms with Crippen LogP contribution in [0.1, 0.15) is 20.8 Å². The van der Waals surface area contributed by atoms with Gasteiger partial charge in [-0.1, -0.05) is 26.5 Å². The van der Waals surface area contributed by atoms with E-state index in [2.05, 4.69) is 25.4 Å². The minimum Gasteiger partial charge on any atom is -0.262 e.